The molecule has 0 radical (unpaired) electrons. The van der Waals surface area contributed by atoms with Gasteiger partial charge in [0.05, 0.1) is 0 Å². The van der Waals surface area contributed by atoms with E-state index >= 15 is 0 Å². The van der Waals surface area contributed by atoms with E-state index in [0.29, 0.717) is 11.1 Å². The summed E-state index contributed by atoms with van der Waals surface area (Å²) in [7, 11) is 0. The van der Waals surface area contributed by atoms with Crippen LogP contribution < -0.4 is 0 Å². The summed E-state index contributed by atoms with van der Waals surface area (Å²) in [5.74, 6) is 0.365. The summed E-state index contributed by atoms with van der Waals surface area (Å²) in [5, 5.41) is 19.6. The quantitative estimate of drug-likeness (QED) is 0.785. The Morgan fingerprint density at radius 1 is 0.875 bits per heavy atom. The van der Waals surface area contributed by atoms with Crippen molar-refractivity contribution in [1.29, 1.82) is 0 Å². The second kappa shape index (κ2) is 4.33. The van der Waals surface area contributed by atoms with Crippen molar-refractivity contribution in [3.05, 3.63) is 45.5 Å². The predicted octanol–water partition coefficient (Wildman–Crippen LogP) is 3.68. The van der Waals surface area contributed by atoms with Gasteiger partial charge in [0.25, 0.3) is 0 Å². The van der Waals surface area contributed by atoms with Gasteiger partial charge in [-0.1, -0.05) is 11.6 Å². The van der Waals surface area contributed by atoms with Crippen LogP contribution in [-0.4, -0.2) is 10.2 Å². The molecule has 0 heterocycles. The van der Waals surface area contributed by atoms with Gasteiger partial charge in [0, 0.05) is 14.7 Å². The van der Waals surface area contributed by atoms with Gasteiger partial charge in [-0.3, -0.25) is 0 Å². The lowest BCUT2D eigenvalue weighted by Crippen LogP contribution is -1.83. The highest BCUT2D eigenvalue weighted by Gasteiger charge is 2.09. The Labute approximate surface area is 108 Å². The predicted molar refractivity (Wildman–Crippen MR) is 72.7 cm³/mol. The average molecular weight is 326 g/mol. The molecule has 0 saturated heterocycles. The third kappa shape index (κ3) is 2.14. The Morgan fingerprint density at radius 3 is 2.12 bits per heavy atom. The molecule has 0 aromatic heterocycles. The fourth-order valence-electron chi connectivity index (χ4n) is 1.59. The molecule has 2 aromatic rings. The first-order chi connectivity index (χ1) is 7.58. The second-order valence-electron chi connectivity index (χ2n) is 3.68. The fourth-order valence-corrected chi connectivity index (χ4v) is 2.08. The van der Waals surface area contributed by atoms with Gasteiger partial charge in [0.15, 0.2) is 0 Å². The molecule has 0 aliphatic heterocycles. The fraction of sp³-hybridized carbons (Fsp3) is 0.0769. The van der Waals surface area contributed by atoms with Crippen molar-refractivity contribution in [1.82, 2.24) is 0 Å². The van der Waals surface area contributed by atoms with Gasteiger partial charge < -0.3 is 10.2 Å². The smallest absolute Gasteiger partial charge is 0.123 e. The van der Waals surface area contributed by atoms with E-state index in [1.54, 1.807) is 12.1 Å². The van der Waals surface area contributed by atoms with Gasteiger partial charge in [0.1, 0.15) is 11.5 Å². The standard InChI is InChI=1S/C13H11IO2/c1-8-2-4-12(15)10(6-8)11-7-9(14)3-5-13(11)16/h2-7,15-16H,1H3. The molecular weight excluding hydrogens is 315 g/mol. The molecule has 0 bridgehead atoms. The lowest BCUT2D eigenvalue weighted by molar-refractivity contribution is 0.469. The van der Waals surface area contributed by atoms with E-state index in [1.807, 2.05) is 31.2 Å². The SMILES string of the molecule is Cc1ccc(O)c(-c2cc(I)ccc2O)c1. The van der Waals surface area contributed by atoms with Crippen LogP contribution >= 0.6 is 22.6 Å². The summed E-state index contributed by atoms with van der Waals surface area (Å²) in [6, 6.07) is 10.7. The summed E-state index contributed by atoms with van der Waals surface area (Å²) in [6.45, 7) is 1.95. The van der Waals surface area contributed by atoms with Crippen molar-refractivity contribution in [2.45, 2.75) is 6.92 Å². The van der Waals surface area contributed by atoms with Crippen molar-refractivity contribution in [3.8, 4) is 22.6 Å². The van der Waals surface area contributed by atoms with Crippen LogP contribution in [0.2, 0.25) is 0 Å². The number of benzene rings is 2. The Bertz CT molecular complexity index is 486. The zero-order valence-electron chi connectivity index (χ0n) is 8.74. The summed E-state index contributed by atoms with van der Waals surface area (Å²) in [4.78, 5) is 0. The number of aryl methyl sites for hydroxylation is 1. The first kappa shape index (κ1) is 11.3. The third-order valence-electron chi connectivity index (χ3n) is 2.40. The van der Waals surface area contributed by atoms with E-state index in [0.717, 1.165) is 9.13 Å². The molecule has 2 rings (SSSR count). The molecule has 82 valence electrons. The molecule has 3 heteroatoms. The second-order valence-corrected chi connectivity index (χ2v) is 4.93. The van der Waals surface area contributed by atoms with Crippen LogP contribution in [-0.2, 0) is 0 Å². The highest BCUT2D eigenvalue weighted by atomic mass is 127. The van der Waals surface area contributed by atoms with E-state index in [9.17, 15) is 10.2 Å². The summed E-state index contributed by atoms with van der Waals surface area (Å²) < 4.78 is 1.02. The van der Waals surface area contributed by atoms with Crippen molar-refractivity contribution < 1.29 is 10.2 Å². The monoisotopic (exact) mass is 326 g/mol. The van der Waals surface area contributed by atoms with Gasteiger partial charge in [-0.05, 0) is 59.8 Å². The molecule has 0 fully saturated rings. The summed E-state index contributed by atoms with van der Waals surface area (Å²) in [5.41, 5.74) is 2.37. The van der Waals surface area contributed by atoms with Crippen molar-refractivity contribution in [3.63, 3.8) is 0 Å². The molecule has 0 unspecified atom stereocenters. The molecule has 0 spiro atoms. The summed E-state index contributed by atoms with van der Waals surface area (Å²) >= 11 is 2.18. The van der Waals surface area contributed by atoms with Crippen LogP contribution in [0, 0.1) is 10.5 Å². The first-order valence-corrected chi connectivity index (χ1v) is 5.94. The van der Waals surface area contributed by atoms with Crippen molar-refractivity contribution in [2.75, 3.05) is 0 Å². The van der Waals surface area contributed by atoms with Gasteiger partial charge in [0.2, 0.25) is 0 Å². The molecule has 0 aliphatic carbocycles. The van der Waals surface area contributed by atoms with Gasteiger partial charge in [-0.2, -0.15) is 0 Å². The minimum Gasteiger partial charge on any atom is -0.507 e. The molecule has 2 nitrogen and oxygen atoms in total. The molecule has 0 atom stereocenters. The van der Waals surface area contributed by atoms with E-state index in [2.05, 4.69) is 22.6 Å². The molecule has 2 N–H and O–H groups in total. The maximum Gasteiger partial charge on any atom is 0.123 e. The maximum atomic E-state index is 9.79. The van der Waals surface area contributed by atoms with Crippen LogP contribution in [0.5, 0.6) is 11.5 Å². The molecule has 16 heavy (non-hydrogen) atoms. The average Bonchev–Trinajstić information content (AvgIpc) is 2.25. The minimum absolute atomic E-state index is 0.182. The van der Waals surface area contributed by atoms with Gasteiger partial charge in [-0.15, -0.1) is 0 Å². The van der Waals surface area contributed by atoms with Crippen molar-refractivity contribution >= 4 is 22.6 Å². The van der Waals surface area contributed by atoms with Gasteiger partial charge in [-0.25, -0.2) is 0 Å². The number of rotatable bonds is 1. The molecule has 0 saturated carbocycles. The Hall–Kier alpha value is -1.23. The van der Waals surface area contributed by atoms with Crippen LogP contribution in [0.15, 0.2) is 36.4 Å². The lowest BCUT2D eigenvalue weighted by Gasteiger charge is -2.08. The number of phenolic OH excluding ortho intramolecular Hbond substituents is 2. The van der Waals surface area contributed by atoms with Crippen LogP contribution in [0.25, 0.3) is 11.1 Å². The summed E-state index contributed by atoms with van der Waals surface area (Å²) in [6.07, 6.45) is 0. The largest absolute Gasteiger partial charge is 0.507 e. The maximum absolute atomic E-state index is 9.79. The zero-order chi connectivity index (χ0) is 11.7. The van der Waals surface area contributed by atoms with Crippen molar-refractivity contribution in [2.24, 2.45) is 0 Å². The Balaban J connectivity index is 2.66. The van der Waals surface area contributed by atoms with E-state index in [4.69, 9.17) is 0 Å². The number of hydrogen-bond donors (Lipinski definition) is 2. The van der Waals surface area contributed by atoms with E-state index in [-0.39, 0.29) is 11.5 Å². The van der Waals surface area contributed by atoms with Crippen LogP contribution in [0.3, 0.4) is 0 Å². The first-order valence-electron chi connectivity index (χ1n) is 4.86. The normalized spacial score (nSPS) is 10.4. The lowest BCUT2D eigenvalue weighted by atomic mass is 10.0. The number of hydrogen-bond acceptors (Lipinski definition) is 2. The van der Waals surface area contributed by atoms with Gasteiger partial charge >= 0.3 is 0 Å². The van der Waals surface area contributed by atoms with Crippen LogP contribution in [0.1, 0.15) is 5.56 Å². The highest BCUT2D eigenvalue weighted by Crippen LogP contribution is 2.36. The van der Waals surface area contributed by atoms with E-state index in [1.165, 1.54) is 0 Å². The van der Waals surface area contributed by atoms with E-state index < -0.39 is 0 Å². The Morgan fingerprint density at radius 2 is 1.44 bits per heavy atom. The molecular formula is C13H11IO2. The number of halogens is 1. The third-order valence-corrected chi connectivity index (χ3v) is 3.07. The molecule has 0 aliphatic rings. The van der Waals surface area contributed by atoms with Crippen LogP contribution in [0.4, 0.5) is 0 Å². The highest BCUT2D eigenvalue weighted by molar-refractivity contribution is 14.1. The minimum atomic E-state index is 0.182. The molecule has 0 amide bonds. The number of phenols is 2. The topological polar surface area (TPSA) is 40.5 Å². The number of aromatic hydroxyl groups is 2. The molecule has 2 aromatic carbocycles. The zero-order valence-corrected chi connectivity index (χ0v) is 10.9. The Kier molecular flexibility index (Phi) is 3.05.